The molecule has 2 heteroatoms. The summed E-state index contributed by atoms with van der Waals surface area (Å²) in [4.78, 5) is 0. The Morgan fingerprint density at radius 1 is 1.16 bits per heavy atom. The minimum Gasteiger partial charge on any atom is -0.379 e. The Kier molecular flexibility index (Phi) is 7.76. The molecule has 1 rings (SSSR count). The van der Waals surface area contributed by atoms with Gasteiger partial charge in [0.15, 0.2) is 0 Å². The summed E-state index contributed by atoms with van der Waals surface area (Å²) in [5, 5.41) is 3.36. The molecule has 1 atom stereocenters. The van der Waals surface area contributed by atoms with Gasteiger partial charge in [0.1, 0.15) is 0 Å². The molecule has 1 aromatic rings. The fourth-order valence-corrected chi connectivity index (χ4v) is 2.38. The van der Waals surface area contributed by atoms with Crippen LogP contribution in [0.3, 0.4) is 0 Å². The third-order valence-corrected chi connectivity index (χ3v) is 3.58. The van der Waals surface area contributed by atoms with Crippen LogP contribution in [0.25, 0.3) is 0 Å². The first-order valence-electron chi connectivity index (χ1n) is 7.51. The predicted octanol–water partition coefficient (Wildman–Crippen LogP) is 4.16. The van der Waals surface area contributed by atoms with Crippen LogP contribution in [0, 0.1) is 13.8 Å². The van der Waals surface area contributed by atoms with Crippen LogP contribution < -0.4 is 5.32 Å². The van der Waals surface area contributed by atoms with E-state index >= 15 is 0 Å². The fourth-order valence-electron chi connectivity index (χ4n) is 2.38. The van der Waals surface area contributed by atoms with Gasteiger partial charge in [-0.25, -0.2) is 0 Å². The van der Waals surface area contributed by atoms with Crippen LogP contribution in [0.5, 0.6) is 0 Å². The summed E-state index contributed by atoms with van der Waals surface area (Å²) < 4.78 is 5.81. The average Bonchev–Trinajstić information content (AvgIpc) is 2.39. The first-order valence-corrected chi connectivity index (χ1v) is 7.51. The second kappa shape index (κ2) is 9.11. The van der Waals surface area contributed by atoms with E-state index in [0.717, 1.165) is 13.2 Å². The van der Waals surface area contributed by atoms with Crippen LogP contribution in [0.2, 0.25) is 0 Å². The van der Waals surface area contributed by atoms with Gasteiger partial charge in [0.25, 0.3) is 0 Å². The van der Waals surface area contributed by atoms with Crippen molar-refractivity contribution in [3.05, 3.63) is 34.9 Å². The van der Waals surface area contributed by atoms with Crippen molar-refractivity contribution in [1.29, 1.82) is 0 Å². The molecule has 19 heavy (non-hydrogen) atoms. The molecule has 1 unspecified atom stereocenters. The molecule has 0 aliphatic heterocycles. The van der Waals surface area contributed by atoms with Crippen molar-refractivity contribution in [1.82, 2.24) is 5.32 Å². The van der Waals surface area contributed by atoms with Crippen LogP contribution in [0.1, 0.15) is 55.3 Å². The third-order valence-electron chi connectivity index (χ3n) is 3.58. The van der Waals surface area contributed by atoms with Gasteiger partial charge in [-0.1, -0.05) is 49.9 Å². The molecule has 1 N–H and O–H groups in total. The number of ether oxygens (including phenoxy) is 1. The quantitative estimate of drug-likeness (QED) is 0.675. The van der Waals surface area contributed by atoms with Gasteiger partial charge in [-0.2, -0.15) is 0 Å². The Morgan fingerprint density at radius 2 is 1.95 bits per heavy atom. The Bertz CT molecular complexity index is 362. The highest BCUT2D eigenvalue weighted by atomic mass is 16.5. The summed E-state index contributed by atoms with van der Waals surface area (Å²) in [5.74, 6) is 0. The van der Waals surface area contributed by atoms with Gasteiger partial charge in [-0.15, -0.1) is 0 Å². The Balaban J connectivity index is 2.40. The van der Waals surface area contributed by atoms with Gasteiger partial charge in [0.05, 0.1) is 12.6 Å². The molecule has 108 valence electrons. The van der Waals surface area contributed by atoms with Gasteiger partial charge < -0.3 is 10.1 Å². The smallest absolute Gasteiger partial charge is 0.0661 e. The lowest BCUT2D eigenvalue weighted by Gasteiger charge is -2.19. The molecule has 2 nitrogen and oxygen atoms in total. The van der Waals surface area contributed by atoms with Gasteiger partial charge in [0, 0.05) is 6.61 Å². The molecule has 0 saturated carbocycles. The summed E-state index contributed by atoms with van der Waals surface area (Å²) >= 11 is 0. The lowest BCUT2D eigenvalue weighted by atomic mass is 10.00. The zero-order valence-electron chi connectivity index (χ0n) is 13.0. The number of benzene rings is 1. The lowest BCUT2D eigenvalue weighted by Crippen LogP contribution is -2.23. The van der Waals surface area contributed by atoms with E-state index in [0.29, 0.717) is 6.04 Å². The van der Waals surface area contributed by atoms with Gasteiger partial charge in [-0.3, -0.25) is 0 Å². The predicted molar refractivity (Wildman–Crippen MR) is 82.7 cm³/mol. The van der Waals surface area contributed by atoms with E-state index in [1.54, 1.807) is 0 Å². The number of hydrogen-bond acceptors (Lipinski definition) is 2. The lowest BCUT2D eigenvalue weighted by molar-refractivity contribution is 0.110. The number of aryl methyl sites for hydroxylation is 2. The summed E-state index contributed by atoms with van der Waals surface area (Å²) in [6.45, 7) is 8.18. The van der Waals surface area contributed by atoms with Crippen molar-refractivity contribution >= 4 is 0 Å². The summed E-state index contributed by atoms with van der Waals surface area (Å²) in [7, 11) is 2.00. The Labute approximate surface area is 118 Å². The Hall–Kier alpha value is -0.860. The van der Waals surface area contributed by atoms with Crippen molar-refractivity contribution < 1.29 is 4.74 Å². The zero-order chi connectivity index (χ0) is 14.1. The highest BCUT2D eigenvalue weighted by molar-refractivity contribution is 5.32. The van der Waals surface area contributed by atoms with Crippen molar-refractivity contribution in [3.63, 3.8) is 0 Å². The van der Waals surface area contributed by atoms with E-state index in [1.807, 2.05) is 7.05 Å². The molecule has 0 aliphatic rings. The summed E-state index contributed by atoms with van der Waals surface area (Å²) in [6.07, 6.45) is 5.05. The van der Waals surface area contributed by atoms with Crippen molar-refractivity contribution in [2.24, 2.45) is 0 Å². The topological polar surface area (TPSA) is 21.3 Å². The molecule has 0 amide bonds. The molecular formula is C17H29NO. The van der Waals surface area contributed by atoms with E-state index < -0.39 is 0 Å². The normalized spacial score (nSPS) is 12.6. The van der Waals surface area contributed by atoms with Crippen LogP contribution in [0.15, 0.2) is 18.2 Å². The summed E-state index contributed by atoms with van der Waals surface area (Å²) in [5.41, 5.74) is 4.01. The molecule has 0 aromatic heterocycles. The average molecular weight is 263 g/mol. The van der Waals surface area contributed by atoms with Crippen LogP contribution >= 0.6 is 0 Å². The molecule has 0 fully saturated rings. The highest BCUT2D eigenvalue weighted by Crippen LogP contribution is 2.19. The van der Waals surface area contributed by atoms with E-state index in [4.69, 9.17) is 4.74 Å². The minimum atomic E-state index is 0.298. The van der Waals surface area contributed by atoms with E-state index in [1.165, 1.54) is 42.4 Å². The van der Waals surface area contributed by atoms with Crippen molar-refractivity contribution in [2.45, 2.75) is 52.5 Å². The number of rotatable bonds is 9. The maximum absolute atomic E-state index is 5.81. The van der Waals surface area contributed by atoms with Crippen LogP contribution in [-0.4, -0.2) is 20.3 Å². The van der Waals surface area contributed by atoms with Gasteiger partial charge in [0.2, 0.25) is 0 Å². The monoisotopic (exact) mass is 263 g/mol. The molecule has 1 aromatic carbocycles. The van der Waals surface area contributed by atoms with E-state index in [2.05, 4.69) is 44.3 Å². The number of likely N-dealkylation sites (N-methyl/N-ethyl adjacent to an activating group) is 1. The van der Waals surface area contributed by atoms with Crippen molar-refractivity contribution in [3.8, 4) is 0 Å². The van der Waals surface area contributed by atoms with Crippen LogP contribution in [-0.2, 0) is 4.74 Å². The number of nitrogens with one attached hydrogen (secondary N) is 1. The fraction of sp³-hybridized carbons (Fsp3) is 0.647. The minimum absolute atomic E-state index is 0.298. The zero-order valence-corrected chi connectivity index (χ0v) is 13.0. The molecule has 0 radical (unpaired) electrons. The second-order valence-corrected chi connectivity index (χ2v) is 5.34. The maximum Gasteiger partial charge on any atom is 0.0661 e. The molecule has 0 heterocycles. The molecule has 0 spiro atoms. The standard InChI is InChI=1S/C17H29NO/c1-5-6-7-8-11-19-13-17(18-4)16-10-9-14(2)12-15(16)3/h9-10,12,17-18H,5-8,11,13H2,1-4H3. The molecule has 0 aliphatic carbocycles. The van der Waals surface area contributed by atoms with Crippen molar-refractivity contribution in [2.75, 3.05) is 20.3 Å². The van der Waals surface area contributed by atoms with E-state index in [9.17, 15) is 0 Å². The van der Waals surface area contributed by atoms with Crippen LogP contribution in [0.4, 0.5) is 0 Å². The first kappa shape index (κ1) is 16.2. The highest BCUT2D eigenvalue weighted by Gasteiger charge is 2.11. The number of unbranched alkanes of at least 4 members (excludes halogenated alkanes) is 3. The van der Waals surface area contributed by atoms with Gasteiger partial charge in [-0.05, 0) is 38.4 Å². The molecule has 0 saturated heterocycles. The molecule has 0 bridgehead atoms. The van der Waals surface area contributed by atoms with Gasteiger partial charge >= 0.3 is 0 Å². The first-order chi connectivity index (χ1) is 9.19. The SMILES string of the molecule is CCCCCCOCC(NC)c1ccc(C)cc1C. The largest absolute Gasteiger partial charge is 0.379 e. The summed E-state index contributed by atoms with van der Waals surface area (Å²) in [6, 6.07) is 6.92. The third kappa shape index (κ3) is 5.75. The van der Waals surface area contributed by atoms with E-state index in [-0.39, 0.29) is 0 Å². The Morgan fingerprint density at radius 3 is 2.58 bits per heavy atom. The molecular weight excluding hydrogens is 234 g/mol. The number of hydrogen-bond donors (Lipinski definition) is 1. The maximum atomic E-state index is 5.81. The second-order valence-electron chi connectivity index (χ2n) is 5.34.